The van der Waals surface area contributed by atoms with Crippen LogP contribution in [0, 0.1) is 5.82 Å². The van der Waals surface area contributed by atoms with E-state index in [0.29, 0.717) is 0 Å². The molecular formula is C12H11FN2O3. The molecule has 18 heavy (non-hydrogen) atoms. The largest absolute Gasteiger partial charge is 0.494 e. The van der Waals surface area contributed by atoms with E-state index in [2.05, 4.69) is 0 Å². The molecule has 0 aliphatic carbocycles. The Labute approximate surface area is 102 Å². The Balaban J connectivity index is 2.63. The Morgan fingerprint density at radius 1 is 1.17 bits per heavy atom. The molecule has 0 N–H and O–H groups in total. The molecule has 2 rings (SSSR count). The van der Waals surface area contributed by atoms with Crippen LogP contribution in [0.25, 0.3) is 5.69 Å². The molecule has 0 aliphatic rings. The Morgan fingerprint density at radius 2 is 1.89 bits per heavy atom. The summed E-state index contributed by atoms with van der Waals surface area (Å²) in [6.07, 6.45) is 2.84. The molecule has 5 nitrogen and oxygen atoms in total. The van der Waals surface area contributed by atoms with E-state index < -0.39 is 16.9 Å². The third-order valence-corrected chi connectivity index (χ3v) is 2.57. The first kappa shape index (κ1) is 12.1. The topological polar surface area (TPSA) is 53.2 Å². The van der Waals surface area contributed by atoms with Gasteiger partial charge in [-0.1, -0.05) is 0 Å². The van der Waals surface area contributed by atoms with Crippen LogP contribution in [0.4, 0.5) is 4.39 Å². The van der Waals surface area contributed by atoms with Crippen molar-refractivity contribution in [2.24, 2.45) is 7.05 Å². The lowest BCUT2D eigenvalue weighted by atomic mass is 10.3. The lowest BCUT2D eigenvalue weighted by molar-refractivity contribution is 0.386. The van der Waals surface area contributed by atoms with Crippen LogP contribution in [-0.2, 0) is 7.05 Å². The first-order valence-corrected chi connectivity index (χ1v) is 5.17. The molecule has 94 valence electrons. The minimum Gasteiger partial charge on any atom is -0.494 e. The fraction of sp³-hybridized carbons (Fsp3) is 0.167. The summed E-state index contributed by atoms with van der Waals surface area (Å²) >= 11 is 0. The minimum absolute atomic E-state index is 0.0793. The van der Waals surface area contributed by atoms with E-state index in [9.17, 15) is 14.0 Å². The highest BCUT2D eigenvalue weighted by Gasteiger charge is 2.08. The lowest BCUT2D eigenvalue weighted by Gasteiger charge is -2.08. The molecule has 0 aliphatic heterocycles. The van der Waals surface area contributed by atoms with Crippen molar-refractivity contribution in [2.45, 2.75) is 0 Å². The molecule has 2 aromatic rings. The second kappa shape index (κ2) is 4.48. The van der Waals surface area contributed by atoms with Crippen LogP contribution in [0.3, 0.4) is 0 Å². The molecule has 0 amide bonds. The van der Waals surface area contributed by atoms with E-state index in [1.807, 2.05) is 0 Å². The van der Waals surface area contributed by atoms with Gasteiger partial charge in [-0.2, -0.15) is 0 Å². The third-order valence-electron chi connectivity index (χ3n) is 2.57. The third kappa shape index (κ3) is 1.92. The zero-order valence-corrected chi connectivity index (χ0v) is 9.88. The Morgan fingerprint density at radius 3 is 2.50 bits per heavy atom. The number of halogens is 1. The van der Waals surface area contributed by atoms with E-state index in [0.717, 1.165) is 10.6 Å². The lowest BCUT2D eigenvalue weighted by Crippen LogP contribution is -2.38. The standard InChI is InChI=1S/C12H11FN2O3/c1-14-5-6-15(12(17)11(14)16)8-3-4-10(18-2)9(13)7-8/h3-7H,1-2H3. The Kier molecular flexibility index (Phi) is 3.01. The summed E-state index contributed by atoms with van der Waals surface area (Å²) in [5, 5.41) is 0. The van der Waals surface area contributed by atoms with Gasteiger partial charge >= 0.3 is 11.1 Å². The van der Waals surface area contributed by atoms with Gasteiger partial charge in [0.15, 0.2) is 11.6 Å². The molecule has 1 aromatic carbocycles. The van der Waals surface area contributed by atoms with E-state index in [-0.39, 0.29) is 11.4 Å². The van der Waals surface area contributed by atoms with Gasteiger partial charge in [-0.05, 0) is 12.1 Å². The molecule has 0 unspecified atom stereocenters. The van der Waals surface area contributed by atoms with Crippen LogP contribution < -0.4 is 15.9 Å². The van der Waals surface area contributed by atoms with Gasteiger partial charge in [-0.25, -0.2) is 4.39 Å². The molecule has 6 heteroatoms. The summed E-state index contributed by atoms with van der Waals surface area (Å²) in [4.78, 5) is 23.2. The van der Waals surface area contributed by atoms with Crippen molar-refractivity contribution in [3.8, 4) is 11.4 Å². The first-order valence-electron chi connectivity index (χ1n) is 5.17. The number of aryl methyl sites for hydroxylation is 1. The van der Waals surface area contributed by atoms with Gasteiger partial charge in [0.05, 0.1) is 12.8 Å². The van der Waals surface area contributed by atoms with Crippen molar-refractivity contribution < 1.29 is 9.13 Å². The summed E-state index contributed by atoms with van der Waals surface area (Å²) in [7, 11) is 2.82. The summed E-state index contributed by atoms with van der Waals surface area (Å²) in [5.74, 6) is -0.516. The number of benzene rings is 1. The van der Waals surface area contributed by atoms with Crippen molar-refractivity contribution in [1.29, 1.82) is 0 Å². The maximum Gasteiger partial charge on any atom is 0.320 e. The van der Waals surface area contributed by atoms with Gasteiger partial charge in [0.2, 0.25) is 0 Å². The fourth-order valence-corrected chi connectivity index (χ4v) is 1.56. The second-order valence-corrected chi connectivity index (χ2v) is 3.71. The normalized spacial score (nSPS) is 10.4. The minimum atomic E-state index is -0.732. The number of ether oxygens (including phenoxy) is 1. The number of methoxy groups -OCH3 is 1. The predicted octanol–water partition coefficient (Wildman–Crippen LogP) is 0.684. The Bertz CT molecular complexity index is 703. The fourth-order valence-electron chi connectivity index (χ4n) is 1.56. The summed E-state index contributed by atoms with van der Waals surface area (Å²) in [6.45, 7) is 0. The highest BCUT2D eigenvalue weighted by atomic mass is 19.1. The number of rotatable bonds is 2. The average molecular weight is 250 g/mol. The molecule has 0 saturated carbocycles. The van der Waals surface area contributed by atoms with Crippen LogP contribution in [-0.4, -0.2) is 16.2 Å². The molecule has 0 bridgehead atoms. The number of nitrogens with zero attached hydrogens (tertiary/aromatic N) is 2. The average Bonchev–Trinajstić information content (AvgIpc) is 2.36. The summed E-state index contributed by atoms with van der Waals surface area (Å²) < 4.78 is 20.6. The maximum absolute atomic E-state index is 13.5. The van der Waals surface area contributed by atoms with Crippen molar-refractivity contribution in [2.75, 3.05) is 7.11 Å². The maximum atomic E-state index is 13.5. The van der Waals surface area contributed by atoms with Gasteiger partial charge in [0.1, 0.15) is 0 Å². The number of hydrogen-bond donors (Lipinski definition) is 0. The zero-order valence-electron chi connectivity index (χ0n) is 9.88. The van der Waals surface area contributed by atoms with Crippen LogP contribution in [0.15, 0.2) is 40.2 Å². The molecule has 0 saturated heterocycles. The monoisotopic (exact) mass is 250 g/mol. The van der Waals surface area contributed by atoms with Gasteiger partial charge in [0, 0.05) is 25.5 Å². The predicted molar refractivity (Wildman–Crippen MR) is 63.8 cm³/mol. The van der Waals surface area contributed by atoms with Crippen LogP contribution >= 0.6 is 0 Å². The zero-order chi connectivity index (χ0) is 13.3. The highest BCUT2D eigenvalue weighted by molar-refractivity contribution is 5.38. The summed E-state index contributed by atoms with van der Waals surface area (Å²) in [6, 6.07) is 4.04. The molecule has 0 fully saturated rings. The first-order chi connectivity index (χ1) is 8.54. The quantitative estimate of drug-likeness (QED) is 0.737. The van der Waals surface area contributed by atoms with Gasteiger partial charge in [-0.3, -0.25) is 14.2 Å². The van der Waals surface area contributed by atoms with Crippen LogP contribution in [0.5, 0.6) is 5.75 Å². The van der Waals surface area contributed by atoms with Crippen LogP contribution in [0.2, 0.25) is 0 Å². The highest BCUT2D eigenvalue weighted by Crippen LogP contribution is 2.18. The van der Waals surface area contributed by atoms with Crippen molar-refractivity contribution >= 4 is 0 Å². The second-order valence-electron chi connectivity index (χ2n) is 3.71. The molecular weight excluding hydrogens is 239 g/mol. The molecule has 1 aromatic heterocycles. The number of hydrogen-bond acceptors (Lipinski definition) is 3. The molecule has 0 radical (unpaired) electrons. The summed E-state index contributed by atoms with van der Waals surface area (Å²) in [5.41, 5.74) is -1.13. The van der Waals surface area contributed by atoms with Crippen molar-refractivity contribution in [3.05, 3.63) is 57.1 Å². The van der Waals surface area contributed by atoms with Crippen molar-refractivity contribution in [3.63, 3.8) is 0 Å². The van der Waals surface area contributed by atoms with Gasteiger partial charge < -0.3 is 9.30 Å². The van der Waals surface area contributed by atoms with Crippen molar-refractivity contribution in [1.82, 2.24) is 9.13 Å². The van der Waals surface area contributed by atoms with E-state index in [4.69, 9.17) is 4.74 Å². The molecule has 0 atom stereocenters. The van der Waals surface area contributed by atoms with Gasteiger partial charge in [0.25, 0.3) is 0 Å². The Hall–Kier alpha value is -2.37. The van der Waals surface area contributed by atoms with Gasteiger partial charge in [-0.15, -0.1) is 0 Å². The van der Waals surface area contributed by atoms with Crippen LogP contribution in [0.1, 0.15) is 0 Å². The smallest absolute Gasteiger partial charge is 0.320 e. The van der Waals surface area contributed by atoms with E-state index in [1.54, 1.807) is 0 Å². The molecule has 1 heterocycles. The van der Waals surface area contributed by atoms with E-state index in [1.165, 1.54) is 43.3 Å². The van der Waals surface area contributed by atoms with E-state index >= 15 is 0 Å². The number of aromatic nitrogens is 2. The SMILES string of the molecule is COc1ccc(-n2ccn(C)c(=O)c2=O)cc1F. The molecule has 0 spiro atoms.